The van der Waals surface area contributed by atoms with Crippen LogP contribution < -0.4 is 5.73 Å². The molecule has 3 heterocycles. The number of nitrogen functional groups attached to an aromatic ring is 1. The molecule has 0 saturated carbocycles. The summed E-state index contributed by atoms with van der Waals surface area (Å²) in [5, 5.41) is 10.8. The average Bonchev–Trinajstić information content (AvgIpc) is 2.73. The summed E-state index contributed by atoms with van der Waals surface area (Å²) < 4.78 is 0. The van der Waals surface area contributed by atoms with E-state index in [9.17, 15) is 5.11 Å². The Labute approximate surface area is 128 Å². The summed E-state index contributed by atoms with van der Waals surface area (Å²) in [4.78, 5) is 13.7. The Hall–Kier alpha value is -1.24. The number of aliphatic hydroxyl groups excluding tert-OH is 1. The summed E-state index contributed by atoms with van der Waals surface area (Å²) in [6.45, 7) is 7.90. The summed E-state index contributed by atoms with van der Waals surface area (Å²) in [5.41, 5.74) is 7.33. The van der Waals surface area contributed by atoms with Crippen LogP contribution in [0.4, 0.5) is 5.82 Å². The quantitative estimate of drug-likeness (QED) is 0.891. The van der Waals surface area contributed by atoms with Gasteiger partial charge in [-0.3, -0.25) is 4.90 Å². The van der Waals surface area contributed by atoms with Gasteiger partial charge >= 0.3 is 0 Å². The predicted octanol–water partition coefficient (Wildman–Crippen LogP) is 2.41. The molecule has 2 aromatic rings. The van der Waals surface area contributed by atoms with E-state index in [0.717, 1.165) is 35.4 Å². The molecule has 1 saturated heterocycles. The van der Waals surface area contributed by atoms with Gasteiger partial charge in [0.15, 0.2) is 0 Å². The van der Waals surface area contributed by atoms with E-state index in [1.807, 2.05) is 0 Å². The fraction of sp³-hybridized carbons (Fsp3) is 0.600. The molecular weight excluding hydrogens is 284 g/mol. The molecule has 5 nitrogen and oxygen atoms in total. The van der Waals surface area contributed by atoms with Crippen LogP contribution in [0.15, 0.2) is 0 Å². The van der Waals surface area contributed by atoms with Gasteiger partial charge in [-0.15, -0.1) is 11.3 Å². The van der Waals surface area contributed by atoms with Crippen LogP contribution in [0.3, 0.4) is 0 Å². The fourth-order valence-corrected chi connectivity index (χ4v) is 4.03. The van der Waals surface area contributed by atoms with Crippen LogP contribution in [0.5, 0.6) is 0 Å². The number of thiophene rings is 1. The van der Waals surface area contributed by atoms with Gasteiger partial charge in [0.2, 0.25) is 0 Å². The van der Waals surface area contributed by atoms with Crippen molar-refractivity contribution in [3.63, 3.8) is 0 Å². The first-order valence-corrected chi connectivity index (χ1v) is 8.24. The molecule has 0 radical (unpaired) electrons. The van der Waals surface area contributed by atoms with E-state index in [0.29, 0.717) is 12.4 Å². The van der Waals surface area contributed by atoms with Gasteiger partial charge in [-0.2, -0.15) is 0 Å². The smallest absolute Gasteiger partial charge is 0.149 e. The van der Waals surface area contributed by atoms with Crippen molar-refractivity contribution in [2.45, 2.75) is 45.8 Å². The van der Waals surface area contributed by atoms with Crippen LogP contribution in [0.1, 0.15) is 42.1 Å². The third-order valence-corrected chi connectivity index (χ3v) is 5.52. The molecule has 0 unspecified atom stereocenters. The van der Waals surface area contributed by atoms with Crippen LogP contribution in [0.25, 0.3) is 10.2 Å². The normalized spacial score (nSPS) is 21.8. The van der Waals surface area contributed by atoms with E-state index in [1.54, 1.807) is 11.3 Å². The van der Waals surface area contributed by atoms with Gasteiger partial charge in [-0.05, 0) is 45.7 Å². The molecule has 2 atom stereocenters. The molecule has 1 aliphatic heterocycles. The zero-order valence-corrected chi connectivity index (χ0v) is 13.6. The maximum atomic E-state index is 9.84. The van der Waals surface area contributed by atoms with E-state index < -0.39 is 0 Å². The second-order valence-corrected chi connectivity index (χ2v) is 7.10. The Morgan fingerprint density at radius 3 is 2.86 bits per heavy atom. The highest BCUT2D eigenvalue weighted by Gasteiger charge is 2.25. The summed E-state index contributed by atoms with van der Waals surface area (Å²) in [7, 11) is 0. The molecule has 6 heteroatoms. The third kappa shape index (κ3) is 2.63. The molecule has 114 valence electrons. The van der Waals surface area contributed by atoms with Gasteiger partial charge in [0.1, 0.15) is 16.5 Å². The van der Waals surface area contributed by atoms with Gasteiger partial charge < -0.3 is 10.8 Å². The molecule has 3 N–H and O–H groups in total. The molecule has 0 aromatic carbocycles. The fourth-order valence-electron chi connectivity index (χ4n) is 2.98. The molecule has 0 aliphatic carbocycles. The first-order valence-electron chi connectivity index (χ1n) is 7.42. The van der Waals surface area contributed by atoms with Crippen molar-refractivity contribution in [3.8, 4) is 0 Å². The highest BCUT2D eigenvalue weighted by molar-refractivity contribution is 7.18. The number of likely N-dealkylation sites (tertiary alicyclic amines) is 1. The number of nitrogens with two attached hydrogens (primary N) is 1. The SMILES string of the molecule is Cc1sc2nc([C@@H](C)N3CCC[C@@H](O)C3)nc(N)c2c1C. The maximum absolute atomic E-state index is 9.84. The topological polar surface area (TPSA) is 75.3 Å². The molecule has 3 rings (SSSR count). The number of fused-ring (bicyclic) bond motifs is 1. The zero-order chi connectivity index (χ0) is 15.1. The van der Waals surface area contributed by atoms with Crippen molar-refractivity contribution >= 4 is 27.4 Å². The summed E-state index contributed by atoms with van der Waals surface area (Å²) in [6.07, 6.45) is 1.66. The van der Waals surface area contributed by atoms with Gasteiger partial charge in [0.05, 0.1) is 17.5 Å². The number of rotatable bonds is 2. The molecule has 21 heavy (non-hydrogen) atoms. The van der Waals surface area contributed by atoms with Crippen molar-refractivity contribution < 1.29 is 5.11 Å². The van der Waals surface area contributed by atoms with Crippen LogP contribution in [0, 0.1) is 13.8 Å². The number of aliphatic hydroxyl groups is 1. The lowest BCUT2D eigenvalue weighted by Gasteiger charge is -2.34. The first kappa shape index (κ1) is 14.7. The predicted molar refractivity (Wildman–Crippen MR) is 86.5 cm³/mol. The number of anilines is 1. The maximum Gasteiger partial charge on any atom is 0.149 e. The number of piperidine rings is 1. The average molecular weight is 306 g/mol. The first-order chi connectivity index (χ1) is 9.97. The molecule has 2 aromatic heterocycles. The van der Waals surface area contributed by atoms with Gasteiger partial charge in [-0.1, -0.05) is 0 Å². The minimum atomic E-state index is -0.242. The van der Waals surface area contributed by atoms with E-state index in [1.165, 1.54) is 10.4 Å². The summed E-state index contributed by atoms with van der Waals surface area (Å²) >= 11 is 1.67. The van der Waals surface area contributed by atoms with Crippen LogP contribution in [0.2, 0.25) is 0 Å². The van der Waals surface area contributed by atoms with Crippen molar-refractivity contribution in [1.82, 2.24) is 14.9 Å². The molecule has 0 bridgehead atoms. The lowest BCUT2D eigenvalue weighted by molar-refractivity contribution is 0.0485. The second-order valence-electron chi connectivity index (χ2n) is 5.90. The zero-order valence-electron chi connectivity index (χ0n) is 12.8. The Kier molecular flexibility index (Phi) is 3.86. The van der Waals surface area contributed by atoms with E-state index in [4.69, 9.17) is 10.7 Å². The largest absolute Gasteiger partial charge is 0.392 e. The number of β-amino-alcohol motifs (C(OH)–C–C–N with tert-alkyl or cyclic N) is 1. The Bertz CT molecular complexity index is 669. The highest BCUT2D eigenvalue weighted by atomic mass is 32.1. The Morgan fingerprint density at radius 2 is 2.14 bits per heavy atom. The van der Waals surface area contributed by atoms with E-state index in [-0.39, 0.29) is 12.1 Å². The lowest BCUT2D eigenvalue weighted by atomic mass is 10.1. The summed E-state index contributed by atoms with van der Waals surface area (Å²) in [6, 6.07) is 0.0781. The van der Waals surface area contributed by atoms with Crippen molar-refractivity contribution in [1.29, 1.82) is 0 Å². The van der Waals surface area contributed by atoms with Crippen LogP contribution in [-0.2, 0) is 0 Å². The number of hydrogen-bond acceptors (Lipinski definition) is 6. The van der Waals surface area contributed by atoms with Crippen molar-refractivity contribution in [2.24, 2.45) is 0 Å². The molecule has 1 fully saturated rings. The van der Waals surface area contributed by atoms with Gasteiger partial charge in [0, 0.05) is 11.4 Å². The minimum Gasteiger partial charge on any atom is -0.392 e. The van der Waals surface area contributed by atoms with E-state index >= 15 is 0 Å². The van der Waals surface area contributed by atoms with Gasteiger partial charge in [0.25, 0.3) is 0 Å². The molecule has 0 spiro atoms. The monoisotopic (exact) mass is 306 g/mol. The third-order valence-electron chi connectivity index (χ3n) is 4.42. The highest BCUT2D eigenvalue weighted by Crippen LogP contribution is 2.33. The van der Waals surface area contributed by atoms with Crippen molar-refractivity contribution in [3.05, 3.63) is 16.3 Å². The number of hydrogen-bond donors (Lipinski definition) is 2. The summed E-state index contributed by atoms with van der Waals surface area (Å²) in [5.74, 6) is 1.33. The Balaban J connectivity index is 1.96. The Morgan fingerprint density at radius 1 is 1.38 bits per heavy atom. The number of nitrogens with zero attached hydrogens (tertiary/aromatic N) is 3. The number of aromatic nitrogens is 2. The van der Waals surface area contributed by atoms with Crippen LogP contribution >= 0.6 is 11.3 Å². The van der Waals surface area contributed by atoms with Gasteiger partial charge in [-0.25, -0.2) is 9.97 Å². The van der Waals surface area contributed by atoms with Crippen molar-refractivity contribution in [2.75, 3.05) is 18.8 Å². The molecule has 1 aliphatic rings. The molecular formula is C15H22N4OS. The standard InChI is InChI=1S/C15H22N4OS/c1-8-10(3)21-15-12(8)13(16)17-14(18-15)9(2)19-6-4-5-11(20)7-19/h9,11,20H,4-7H2,1-3H3,(H2,16,17,18)/t9-,11-/m1/s1. The van der Waals surface area contributed by atoms with E-state index in [2.05, 4.69) is 30.7 Å². The minimum absolute atomic E-state index is 0.0781. The number of aryl methyl sites for hydroxylation is 2. The molecule has 0 amide bonds. The second kappa shape index (κ2) is 5.51. The lowest BCUT2D eigenvalue weighted by Crippen LogP contribution is -2.40. The van der Waals surface area contributed by atoms with Crippen LogP contribution in [-0.4, -0.2) is 39.2 Å².